The summed E-state index contributed by atoms with van der Waals surface area (Å²) in [6, 6.07) is 0. The first-order valence-corrected chi connectivity index (χ1v) is 6.57. The molecule has 17 heavy (non-hydrogen) atoms. The van der Waals surface area contributed by atoms with Gasteiger partial charge in [-0.3, -0.25) is 4.79 Å². The normalized spacial score (nSPS) is 11.8. The van der Waals surface area contributed by atoms with E-state index in [2.05, 4.69) is 20.8 Å². The first kappa shape index (κ1) is 16.6. The molecule has 3 heteroatoms. The SMILES string of the molecule is CC(=O)COCCCCOCCCC(C)(C)C. The highest BCUT2D eigenvalue weighted by Crippen LogP contribution is 2.20. The molecule has 0 aromatic rings. The van der Waals surface area contributed by atoms with Crippen LogP contribution in [0, 0.1) is 5.41 Å². The van der Waals surface area contributed by atoms with Gasteiger partial charge in [0.25, 0.3) is 0 Å². The Labute approximate surface area is 106 Å². The Morgan fingerprint density at radius 1 is 0.941 bits per heavy atom. The van der Waals surface area contributed by atoms with Crippen LogP contribution in [0.4, 0.5) is 0 Å². The number of ketones is 1. The first-order valence-electron chi connectivity index (χ1n) is 6.57. The molecule has 0 unspecified atom stereocenters. The monoisotopic (exact) mass is 244 g/mol. The van der Waals surface area contributed by atoms with E-state index in [0.29, 0.717) is 12.0 Å². The Hall–Kier alpha value is -0.410. The third kappa shape index (κ3) is 15.6. The van der Waals surface area contributed by atoms with Crippen molar-refractivity contribution in [3.8, 4) is 0 Å². The van der Waals surface area contributed by atoms with Gasteiger partial charge in [-0.1, -0.05) is 20.8 Å². The van der Waals surface area contributed by atoms with Gasteiger partial charge in [-0.05, 0) is 38.0 Å². The Morgan fingerprint density at radius 2 is 1.47 bits per heavy atom. The van der Waals surface area contributed by atoms with Crippen LogP contribution >= 0.6 is 0 Å². The second-order valence-electron chi connectivity index (χ2n) is 5.74. The molecule has 3 nitrogen and oxygen atoms in total. The highest BCUT2D eigenvalue weighted by atomic mass is 16.5. The number of Topliss-reactive ketones (excluding diaryl/α,β-unsaturated/α-hetero) is 1. The highest BCUT2D eigenvalue weighted by molar-refractivity contribution is 5.76. The summed E-state index contributed by atoms with van der Waals surface area (Å²) in [5, 5.41) is 0. The van der Waals surface area contributed by atoms with Crippen molar-refractivity contribution in [3.63, 3.8) is 0 Å². The van der Waals surface area contributed by atoms with E-state index < -0.39 is 0 Å². The molecule has 0 aliphatic rings. The summed E-state index contributed by atoms with van der Waals surface area (Å²) in [6.07, 6.45) is 4.30. The molecule has 0 rings (SSSR count). The van der Waals surface area contributed by atoms with E-state index in [4.69, 9.17) is 9.47 Å². The molecule has 0 bridgehead atoms. The molecule has 0 saturated heterocycles. The fourth-order valence-electron chi connectivity index (χ4n) is 1.43. The van der Waals surface area contributed by atoms with Crippen LogP contribution in [0.2, 0.25) is 0 Å². The number of ether oxygens (including phenoxy) is 2. The van der Waals surface area contributed by atoms with E-state index >= 15 is 0 Å². The standard InChI is InChI=1S/C14H28O3/c1-13(15)12-17-10-6-5-9-16-11-7-8-14(2,3)4/h5-12H2,1-4H3. The van der Waals surface area contributed by atoms with Gasteiger partial charge in [0.15, 0.2) is 5.78 Å². The lowest BCUT2D eigenvalue weighted by molar-refractivity contribution is -0.121. The zero-order valence-electron chi connectivity index (χ0n) is 11.9. The maximum Gasteiger partial charge on any atom is 0.155 e. The summed E-state index contributed by atoms with van der Waals surface area (Å²) in [4.78, 5) is 10.6. The summed E-state index contributed by atoms with van der Waals surface area (Å²) in [7, 11) is 0. The Kier molecular flexibility index (Phi) is 9.37. The van der Waals surface area contributed by atoms with Gasteiger partial charge in [-0.2, -0.15) is 0 Å². The molecule has 0 amide bonds. The molecule has 102 valence electrons. The van der Waals surface area contributed by atoms with Gasteiger partial charge in [-0.25, -0.2) is 0 Å². The zero-order valence-corrected chi connectivity index (χ0v) is 11.9. The van der Waals surface area contributed by atoms with Crippen molar-refractivity contribution < 1.29 is 14.3 Å². The average molecular weight is 244 g/mol. The summed E-state index contributed by atoms with van der Waals surface area (Å²) in [6.45, 7) is 10.8. The third-order valence-electron chi connectivity index (χ3n) is 2.35. The highest BCUT2D eigenvalue weighted by Gasteiger charge is 2.08. The van der Waals surface area contributed by atoms with E-state index in [-0.39, 0.29) is 12.4 Å². The number of carbonyl (C=O) groups is 1. The lowest BCUT2D eigenvalue weighted by Gasteiger charge is -2.17. The number of hydrogen-bond acceptors (Lipinski definition) is 3. The van der Waals surface area contributed by atoms with Crippen LogP contribution < -0.4 is 0 Å². The van der Waals surface area contributed by atoms with Crippen molar-refractivity contribution in [1.29, 1.82) is 0 Å². The van der Waals surface area contributed by atoms with Gasteiger partial charge in [0.2, 0.25) is 0 Å². The van der Waals surface area contributed by atoms with E-state index in [0.717, 1.165) is 32.5 Å². The minimum absolute atomic E-state index is 0.0865. The zero-order chi connectivity index (χ0) is 13.1. The molecule has 0 N–H and O–H groups in total. The smallest absolute Gasteiger partial charge is 0.155 e. The fourth-order valence-corrected chi connectivity index (χ4v) is 1.43. The lowest BCUT2D eigenvalue weighted by Crippen LogP contribution is -2.08. The summed E-state index contributed by atoms with van der Waals surface area (Å²) < 4.78 is 10.7. The summed E-state index contributed by atoms with van der Waals surface area (Å²) >= 11 is 0. The minimum atomic E-state index is 0.0865. The Bertz CT molecular complexity index is 194. The fraction of sp³-hybridized carbons (Fsp3) is 0.929. The molecule has 0 atom stereocenters. The van der Waals surface area contributed by atoms with Crippen LogP contribution in [-0.4, -0.2) is 32.2 Å². The molecule has 0 spiro atoms. The van der Waals surface area contributed by atoms with Crippen LogP contribution in [0.15, 0.2) is 0 Å². The molecular formula is C14H28O3. The molecular weight excluding hydrogens is 216 g/mol. The van der Waals surface area contributed by atoms with Gasteiger partial charge >= 0.3 is 0 Å². The largest absolute Gasteiger partial charge is 0.381 e. The van der Waals surface area contributed by atoms with E-state index in [9.17, 15) is 4.79 Å². The van der Waals surface area contributed by atoms with Crippen molar-refractivity contribution in [2.45, 2.75) is 53.4 Å². The molecule has 0 saturated carbocycles. The summed E-state index contributed by atoms with van der Waals surface area (Å²) in [5.74, 6) is 0.0865. The van der Waals surface area contributed by atoms with Crippen LogP contribution in [0.5, 0.6) is 0 Å². The lowest BCUT2D eigenvalue weighted by atomic mass is 9.91. The first-order chi connectivity index (χ1) is 7.92. The molecule has 0 aliphatic carbocycles. The predicted molar refractivity (Wildman–Crippen MR) is 70.2 cm³/mol. The second kappa shape index (κ2) is 9.60. The molecule has 0 aromatic heterocycles. The van der Waals surface area contributed by atoms with Gasteiger partial charge in [-0.15, -0.1) is 0 Å². The number of unbranched alkanes of at least 4 members (excludes halogenated alkanes) is 1. The average Bonchev–Trinajstić information content (AvgIpc) is 2.18. The Balaban J connectivity index is 3.06. The molecule has 0 fully saturated rings. The van der Waals surface area contributed by atoms with Crippen molar-refractivity contribution in [3.05, 3.63) is 0 Å². The quantitative estimate of drug-likeness (QED) is 0.554. The van der Waals surface area contributed by atoms with E-state index in [1.807, 2.05) is 0 Å². The van der Waals surface area contributed by atoms with Gasteiger partial charge in [0, 0.05) is 19.8 Å². The van der Waals surface area contributed by atoms with E-state index in [1.54, 1.807) is 6.92 Å². The second-order valence-corrected chi connectivity index (χ2v) is 5.74. The van der Waals surface area contributed by atoms with Crippen molar-refractivity contribution in [2.24, 2.45) is 5.41 Å². The predicted octanol–water partition coefficient (Wildman–Crippen LogP) is 3.22. The number of hydrogen-bond donors (Lipinski definition) is 0. The molecule has 0 radical (unpaired) electrons. The number of rotatable bonds is 10. The minimum Gasteiger partial charge on any atom is -0.381 e. The Morgan fingerprint density at radius 3 is 2.00 bits per heavy atom. The maximum absolute atomic E-state index is 10.6. The van der Waals surface area contributed by atoms with E-state index in [1.165, 1.54) is 6.42 Å². The number of carbonyl (C=O) groups excluding carboxylic acids is 1. The maximum atomic E-state index is 10.6. The van der Waals surface area contributed by atoms with Crippen LogP contribution in [-0.2, 0) is 14.3 Å². The van der Waals surface area contributed by atoms with Crippen LogP contribution in [0.1, 0.15) is 53.4 Å². The summed E-state index contributed by atoms with van der Waals surface area (Å²) in [5.41, 5.74) is 0.407. The topological polar surface area (TPSA) is 35.5 Å². The van der Waals surface area contributed by atoms with Crippen molar-refractivity contribution in [2.75, 3.05) is 26.4 Å². The van der Waals surface area contributed by atoms with Gasteiger partial charge in [0.05, 0.1) is 0 Å². The third-order valence-corrected chi connectivity index (χ3v) is 2.35. The van der Waals surface area contributed by atoms with Gasteiger partial charge in [0.1, 0.15) is 6.61 Å². The van der Waals surface area contributed by atoms with Crippen LogP contribution in [0.25, 0.3) is 0 Å². The molecule has 0 heterocycles. The molecule has 0 aliphatic heterocycles. The van der Waals surface area contributed by atoms with Crippen molar-refractivity contribution >= 4 is 5.78 Å². The van der Waals surface area contributed by atoms with Gasteiger partial charge < -0.3 is 9.47 Å². The van der Waals surface area contributed by atoms with Crippen molar-refractivity contribution in [1.82, 2.24) is 0 Å². The molecule has 0 aromatic carbocycles. The van der Waals surface area contributed by atoms with Crippen LogP contribution in [0.3, 0.4) is 0 Å².